The van der Waals surface area contributed by atoms with Crippen molar-refractivity contribution in [3.8, 4) is 6.07 Å². The van der Waals surface area contributed by atoms with Gasteiger partial charge in [-0.15, -0.1) is 0 Å². The molecule has 1 aliphatic rings. The largest absolute Gasteiger partial charge is 0.355 e. The molecule has 0 unspecified atom stereocenters. The summed E-state index contributed by atoms with van der Waals surface area (Å²) >= 11 is 0. The first kappa shape index (κ1) is 15.8. The molecule has 8 nitrogen and oxygen atoms in total. The van der Waals surface area contributed by atoms with Crippen LogP contribution in [0.1, 0.15) is 30.8 Å². The highest BCUT2D eigenvalue weighted by Gasteiger charge is 2.31. The van der Waals surface area contributed by atoms with Crippen LogP contribution in [0, 0.1) is 17.2 Å². The van der Waals surface area contributed by atoms with Gasteiger partial charge >= 0.3 is 0 Å². The summed E-state index contributed by atoms with van der Waals surface area (Å²) in [5, 5.41) is 8.93. The number of hydrogen-bond acceptors (Lipinski definition) is 6. The molecule has 0 radical (unpaired) electrons. The van der Waals surface area contributed by atoms with E-state index >= 15 is 0 Å². The first-order valence-corrected chi connectivity index (χ1v) is 9.01. The van der Waals surface area contributed by atoms with Gasteiger partial charge in [-0.1, -0.05) is 6.92 Å². The zero-order valence-corrected chi connectivity index (χ0v) is 14.9. The van der Waals surface area contributed by atoms with Crippen LogP contribution in [-0.2, 0) is 0 Å². The summed E-state index contributed by atoms with van der Waals surface area (Å²) in [4.78, 5) is 23.2. The topological polar surface area (TPSA) is 98.8 Å². The van der Waals surface area contributed by atoms with Crippen LogP contribution in [0.2, 0.25) is 0 Å². The van der Waals surface area contributed by atoms with Crippen LogP contribution in [0.5, 0.6) is 0 Å². The predicted octanol–water partition coefficient (Wildman–Crippen LogP) is 2.50. The Balaban J connectivity index is 1.54. The van der Waals surface area contributed by atoms with E-state index in [4.69, 9.17) is 10.2 Å². The minimum atomic E-state index is 0.263. The molecule has 0 spiro atoms. The lowest BCUT2D eigenvalue weighted by molar-refractivity contribution is 0.366. The average molecular weight is 358 g/mol. The summed E-state index contributed by atoms with van der Waals surface area (Å²) in [6.45, 7) is 4.01. The normalized spacial score (nSPS) is 20.2. The maximum absolute atomic E-state index is 8.93. The van der Waals surface area contributed by atoms with Gasteiger partial charge in [-0.2, -0.15) is 5.26 Å². The molecule has 27 heavy (non-hydrogen) atoms. The predicted molar refractivity (Wildman–Crippen MR) is 100 cm³/mol. The van der Waals surface area contributed by atoms with Crippen molar-refractivity contribution < 1.29 is 0 Å². The van der Waals surface area contributed by atoms with Crippen molar-refractivity contribution in [2.45, 2.75) is 19.3 Å². The molecule has 0 aliphatic carbocycles. The molecule has 1 aliphatic heterocycles. The lowest BCUT2D eigenvalue weighted by atomic mass is 9.86. The Kier molecular flexibility index (Phi) is 3.53. The van der Waals surface area contributed by atoms with E-state index < -0.39 is 0 Å². The Morgan fingerprint density at radius 1 is 1.15 bits per heavy atom. The molecule has 4 aromatic rings. The summed E-state index contributed by atoms with van der Waals surface area (Å²) in [7, 11) is 0. The van der Waals surface area contributed by atoms with Gasteiger partial charge in [0, 0.05) is 25.2 Å². The Morgan fingerprint density at radius 2 is 2.04 bits per heavy atom. The van der Waals surface area contributed by atoms with E-state index in [-0.39, 0.29) is 5.92 Å². The molecule has 134 valence electrons. The second-order valence-corrected chi connectivity index (χ2v) is 7.04. The quantitative estimate of drug-likeness (QED) is 0.591. The van der Waals surface area contributed by atoms with Gasteiger partial charge in [-0.3, -0.25) is 4.40 Å². The molecule has 0 bridgehead atoms. The Labute approximate surface area is 155 Å². The van der Waals surface area contributed by atoms with Crippen LogP contribution >= 0.6 is 0 Å². The Bertz CT molecular complexity index is 1150. The number of imidazole rings is 1. The third-order valence-electron chi connectivity index (χ3n) is 5.45. The van der Waals surface area contributed by atoms with E-state index in [1.54, 1.807) is 6.20 Å². The highest BCUT2D eigenvalue weighted by Crippen LogP contribution is 2.34. The van der Waals surface area contributed by atoms with Gasteiger partial charge in [-0.25, -0.2) is 19.9 Å². The molecule has 0 aromatic carbocycles. The monoisotopic (exact) mass is 358 g/mol. The van der Waals surface area contributed by atoms with Gasteiger partial charge in [0.2, 0.25) is 0 Å². The number of fused-ring (bicyclic) bond motifs is 3. The Hall–Kier alpha value is -3.47. The maximum Gasteiger partial charge on any atom is 0.158 e. The van der Waals surface area contributed by atoms with Gasteiger partial charge in [0.15, 0.2) is 11.3 Å². The highest BCUT2D eigenvalue weighted by atomic mass is 15.2. The second-order valence-electron chi connectivity index (χ2n) is 7.04. The zero-order chi connectivity index (χ0) is 18.4. The molecule has 5 heterocycles. The standard InChI is InChI=1S/C19H18N8/c1-12-3-5-26(17-10-22-13(6-20)7-23-17)11-15(12)19-25-9-14-8-24-18-16(27(14)19)2-4-21-18/h2,4,7-10,12,15,21H,3,5,11H2,1H3/t12-,15+/m0/s1. The molecule has 4 aromatic heterocycles. The number of rotatable bonds is 2. The van der Waals surface area contributed by atoms with Crippen LogP contribution < -0.4 is 4.90 Å². The van der Waals surface area contributed by atoms with Crippen molar-refractivity contribution in [1.82, 2.24) is 29.3 Å². The van der Waals surface area contributed by atoms with Gasteiger partial charge < -0.3 is 9.88 Å². The third-order valence-corrected chi connectivity index (χ3v) is 5.45. The lowest BCUT2D eigenvalue weighted by Crippen LogP contribution is -2.39. The van der Waals surface area contributed by atoms with Crippen LogP contribution in [0.25, 0.3) is 16.7 Å². The maximum atomic E-state index is 8.93. The van der Waals surface area contributed by atoms with Crippen molar-refractivity contribution in [3.63, 3.8) is 0 Å². The average Bonchev–Trinajstić information content (AvgIpc) is 3.35. The molecular weight excluding hydrogens is 340 g/mol. The number of nitrogens with one attached hydrogen (secondary N) is 1. The van der Waals surface area contributed by atoms with E-state index in [1.165, 1.54) is 6.20 Å². The summed E-state index contributed by atoms with van der Waals surface area (Å²) in [6, 6.07) is 4.06. The fourth-order valence-electron chi connectivity index (χ4n) is 3.92. The number of hydrogen-bond donors (Lipinski definition) is 1. The minimum absolute atomic E-state index is 0.263. The number of aromatic amines is 1. The van der Waals surface area contributed by atoms with Crippen LogP contribution in [-0.4, -0.2) is 42.4 Å². The van der Waals surface area contributed by atoms with Crippen molar-refractivity contribution >= 4 is 22.5 Å². The summed E-state index contributed by atoms with van der Waals surface area (Å²) in [5.41, 5.74) is 3.24. The SMILES string of the molecule is C[C@H]1CCN(c2cnc(C#N)cn2)C[C@H]1c1ncc2cnc3[nH]ccc3n12. The van der Waals surface area contributed by atoms with E-state index in [0.717, 1.165) is 47.8 Å². The van der Waals surface area contributed by atoms with E-state index in [1.807, 2.05) is 30.7 Å². The molecule has 1 N–H and O–H groups in total. The molecular formula is C19H18N8. The van der Waals surface area contributed by atoms with E-state index in [2.05, 4.69) is 36.2 Å². The van der Waals surface area contributed by atoms with Crippen molar-refractivity contribution in [3.05, 3.63) is 48.6 Å². The van der Waals surface area contributed by atoms with E-state index in [0.29, 0.717) is 11.6 Å². The molecule has 0 saturated carbocycles. The van der Waals surface area contributed by atoms with Crippen molar-refractivity contribution in [2.24, 2.45) is 5.92 Å². The number of H-pyrrole nitrogens is 1. The molecule has 1 saturated heterocycles. The molecule has 0 amide bonds. The summed E-state index contributed by atoms with van der Waals surface area (Å²) < 4.78 is 2.20. The molecule has 8 heteroatoms. The number of nitrogens with zero attached hydrogens (tertiary/aromatic N) is 7. The van der Waals surface area contributed by atoms with Crippen LogP contribution in [0.4, 0.5) is 5.82 Å². The third kappa shape index (κ3) is 2.51. The van der Waals surface area contributed by atoms with Crippen LogP contribution in [0.15, 0.2) is 37.1 Å². The van der Waals surface area contributed by atoms with Gasteiger partial charge in [-0.05, 0) is 18.4 Å². The smallest absolute Gasteiger partial charge is 0.158 e. The summed E-state index contributed by atoms with van der Waals surface area (Å²) in [6.07, 6.45) is 9.91. The number of nitriles is 1. The molecule has 2 atom stereocenters. The van der Waals surface area contributed by atoms with Crippen LogP contribution in [0.3, 0.4) is 0 Å². The van der Waals surface area contributed by atoms with Gasteiger partial charge in [0.1, 0.15) is 17.7 Å². The van der Waals surface area contributed by atoms with Gasteiger partial charge in [0.25, 0.3) is 0 Å². The lowest BCUT2D eigenvalue weighted by Gasteiger charge is -2.37. The number of piperidine rings is 1. The van der Waals surface area contributed by atoms with Crippen molar-refractivity contribution in [2.75, 3.05) is 18.0 Å². The first-order valence-electron chi connectivity index (χ1n) is 9.01. The minimum Gasteiger partial charge on any atom is -0.355 e. The first-order chi connectivity index (χ1) is 13.2. The van der Waals surface area contributed by atoms with Gasteiger partial charge in [0.05, 0.1) is 35.8 Å². The number of aromatic nitrogens is 6. The molecule has 1 fully saturated rings. The van der Waals surface area contributed by atoms with E-state index in [9.17, 15) is 0 Å². The fourth-order valence-corrected chi connectivity index (χ4v) is 3.92. The fraction of sp³-hybridized carbons (Fsp3) is 0.316. The zero-order valence-electron chi connectivity index (χ0n) is 14.9. The second kappa shape index (κ2) is 6.06. The number of anilines is 1. The van der Waals surface area contributed by atoms with Crippen molar-refractivity contribution in [1.29, 1.82) is 5.26 Å². The molecule has 5 rings (SSSR count). The Morgan fingerprint density at radius 3 is 2.85 bits per heavy atom. The highest BCUT2D eigenvalue weighted by molar-refractivity contribution is 5.75. The summed E-state index contributed by atoms with van der Waals surface area (Å²) in [5.74, 6) is 2.62.